The third-order valence-electron chi connectivity index (χ3n) is 9.91. The van der Waals surface area contributed by atoms with Crippen LogP contribution in [0, 0.1) is 79.3 Å². The van der Waals surface area contributed by atoms with E-state index in [-0.39, 0.29) is 36.4 Å². The molecule has 0 N–H and O–H groups in total. The highest BCUT2D eigenvalue weighted by molar-refractivity contribution is 6.33. The van der Waals surface area contributed by atoms with Crippen molar-refractivity contribution in [1.82, 2.24) is 0 Å². The zero-order chi connectivity index (χ0) is 49.9. The van der Waals surface area contributed by atoms with Gasteiger partial charge < -0.3 is 4.74 Å². The summed E-state index contributed by atoms with van der Waals surface area (Å²) in [5.74, 6) is -1.01. The summed E-state index contributed by atoms with van der Waals surface area (Å²) in [7, 11) is 0. The van der Waals surface area contributed by atoms with Gasteiger partial charge in [-0.1, -0.05) is 12.1 Å². The minimum atomic E-state index is -5.58. The first kappa shape index (κ1) is 47.5. The summed E-state index contributed by atoms with van der Waals surface area (Å²) >= 11 is 0. The average Bonchev–Trinajstić information content (AvgIpc) is 3.75. The number of nitrogens with zero attached hydrogens (tertiary/aromatic N) is 7. The van der Waals surface area contributed by atoms with Gasteiger partial charge in [0.05, 0.1) is 39.0 Å². The van der Waals surface area contributed by atoms with Crippen LogP contribution in [-0.4, -0.2) is 6.36 Å². The molecule has 0 saturated carbocycles. The van der Waals surface area contributed by atoms with Gasteiger partial charge in [0.2, 0.25) is 0 Å². The first-order valence-corrected chi connectivity index (χ1v) is 17.6. The minimum Gasteiger partial charge on any atom is -0.406 e. The van der Waals surface area contributed by atoms with E-state index >= 15 is 0 Å². The molecule has 67 heavy (non-hydrogen) atoms. The quantitative estimate of drug-likeness (QED) is 0.143. The molecule has 0 heterocycles. The van der Waals surface area contributed by atoms with Crippen molar-refractivity contribution in [3.8, 4) is 59.4 Å². The van der Waals surface area contributed by atoms with Gasteiger partial charge in [0.15, 0.2) is 0 Å². The second-order valence-electron chi connectivity index (χ2n) is 13.7. The SMILES string of the molecule is N#CC(C#N)=C1C(c2cc(C(F)(F)F)cc(C(F)(F)F)c2)=C(C#N)c2c(C#N)c3c(c(-c4ccc(OC(F)(F)F)cc4)c21)C(=C(C#N)C#N)C(c1cc(C(F)(F)F)cc(C(F)(F)F)c1)=C3C#N. The largest absolute Gasteiger partial charge is 0.573 e. The van der Waals surface area contributed by atoms with Gasteiger partial charge in [0.25, 0.3) is 0 Å². The molecule has 0 spiro atoms. The van der Waals surface area contributed by atoms with Crippen LogP contribution in [0.15, 0.2) is 71.8 Å². The van der Waals surface area contributed by atoms with E-state index in [2.05, 4.69) is 4.74 Å². The van der Waals surface area contributed by atoms with E-state index in [9.17, 15) is 103 Å². The first-order chi connectivity index (χ1) is 31.1. The number of halogens is 15. The van der Waals surface area contributed by atoms with Gasteiger partial charge >= 0.3 is 31.1 Å². The Morgan fingerprint density at radius 1 is 0.388 bits per heavy atom. The Morgan fingerprint density at radius 2 is 0.716 bits per heavy atom. The van der Waals surface area contributed by atoms with Crippen molar-refractivity contribution in [2.45, 2.75) is 31.1 Å². The Bertz CT molecular complexity index is 3030. The fourth-order valence-electron chi connectivity index (χ4n) is 7.50. The summed E-state index contributed by atoms with van der Waals surface area (Å²) in [6.07, 6.45) is -27.7. The van der Waals surface area contributed by atoms with Crippen LogP contribution >= 0.6 is 0 Å². The molecule has 0 saturated heterocycles. The normalized spacial score (nSPS) is 13.6. The zero-order valence-corrected chi connectivity index (χ0v) is 32.0. The summed E-state index contributed by atoms with van der Waals surface area (Å²) < 4.78 is 215. The lowest BCUT2D eigenvalue weighted by Crippen LogP contribution is -2.17. The molecule has 23 heteroatoms. The summed E-state index contributed by atoms with van der Waals surface area (Å²) in [5, 5.41) is 73.5. The molecule has 8 nitrogen and oxygen atoms in total. The predicted octanol–water partition coefficient (Wildman–Crippen LogP) is 12.7. The number of benzene rings is 4. The number of fused-ring (bicyclic) bond motifs is 2. The smallest absolute Gasteiger partial charge is 0.406 e. The standard InChI is InChI=1S/C44H10F15N7O/c45-40(46,47)23-5-19(6-24(9-23)41(48,49)50)31-28(15-64)36-30(17-66)37-29(16-65)32(20-7-25(42(51,52)53)10-26(8-20)43(54,55)56)35(22(13-62)14-63)39(37)33(38(36)34(31)21(11-60)12-61)18-1-3-27(4-2-18)67-44(57,58)59/h1-10H. The monoisotopic (exact) mass is 937 g/mol. The van der Waals surface area contributed by atoms with Crippen molar-refractivity contribution in [2.24, 2.45) is 0 Å². The third kappa shape index (κ3) is 8.32. The minimum absolute atomic E-state index is 0.0578. The maximum atomic E-state index is 14.3. The highest BCUT2D eigenvalue weighted by Crippen LogP contribution is 2.61. The Morgan fingerprint density at radius 3 is 0.970 bits per heavy atom. The molecular weight excluding hydrogens is 928 g/mol. The molecule has 4 aromatic rings. The Hall–Kier alpha value is -8.98. The van der Waals surface area contributed by atoms with Gasteiger partial charge in [-0.25, -0.2) is 0 Å². The van der Waals surface area contributed by atoms with Gasteiger partial charge in [-0.3, -0.25) is 0 Å². The molecule has 0 bridgehead atoms. The molecule has 0 atom stereocenters. The van der Waals surface area contributed by atoms with Crippen LogP contribution in [-0.2, 0) is 24.7 Å². The number of rotatable bonds is 4. The molecule has 0 unspecified atom stereocenters. The van der Waals surface area contributed by atoms with Crippen LogP contribution in [0.2, 0.25) is 0 Å². The van der Waals surface area contributed by atoms with Crippen molar-refractivity contribution < 1.29 is 70.6 Å². The first-order valence-electron chi connectivity index (χ1n) is 17.6. The summed E-state index contributed by atoms with van der Waals surface area (Å²) in [6.45, 7) is 0. The second kappa shape index (κ2) is 16.2. The third-order valence-corrected chi connectivity index (χ3v) is 9.91. The molecule has 4 aromatic carbocycles. The number of ether oxygens (including phenoxy) is 1. The van der Waals surface area contributed by atoms with Crippen LogP contribution in [0.3, 0.4) is 0 Å². The van der Waals surface area contributed by atoms with Crippen molar-refractivity contribution in [3.63, 3.8) is 0 Å². The number of allylic oxidation sites excluding steroid dienone is 8. The van der Waals surface area contributed by atoms with Gasteiger partial charge in [0, 0.05) is 44.5 Å². The number of alkyl halides is 15. The summed E-state index contributed by atoms with van der Waals surface area (Å²) in [6, 6.07) is 12.0. The Labute approximate surface area is 363 Å². The maximum Gasteiger partial charge on any atom is 0.573 e. The van der Waals surface area contributed by atoms with Crippen molar-refractivity contribution in [3.05, 3.63) is 133 Å². The maximum absolute atomic E-state index is 14.3. The highest BCUT2D eigenvalue weighted by Gasteiger charge is 2.46. The average molecular weight is 938 g/mol. The topological polar surface area (TPSA) is 176 Å². The molecule has 2 aliphatic rings. The fraction of sp³-hybridized carbons (Fsp3) is 0.114. The van der Waals surface area contributed by atoms with E-state index in [0.29, 0.717) is 24.3 Å². The van der Waals surface area contributed by atoms with Crippen LogP contribution in [0.4, 0.5) is 65.9 Å². The van der Waals surface area contributed by atoms with Gasteiger partial charge in [-0.15, -0.1) is 13.2 Å². The van der Waals surface area contributed by atoms with Crippen LogP contribution in [0.1, 0.15) is 61.2 Å². The molecule has 0 fully saturated rings. The lowest BCUT2D eigenvalue weighted by molar-refractivity contribution is -0.274. The predicted molar refractivity (Wildman–Crippen MR) is 197 cm³/mol. The van der Waals surface area contributed by atoms with E-state index in [1.165, 1.54) is 42.5 Å². The number of nitriles is 7. The lowest BCUT2D eigenvalue weighted by Gasteiger charge is -2.21. The van der Waals surface area contributed by atoms with Crippen LogP contribution in [0.25, 0.3) is 44.6 Å². The number of hydrogen-bond donors (Lipinski definition) is 0. The van der Waals surface area contributed by atoms with Crippen LogP contribution < -0.4 is 4.74 Å². The van der Waals surface area contributed by atoms with Gasteiger partial charge in [0.1, 0.15) is 59.4 Å². The summed E-state index contributed by atoms with van der Waals surface area (Å²) in [5.41, 5.74) is -25.8. The van der Waals surface area contributed by atoms with E-state index in [1.807, 2.05) is 0 Å². The molecule has 2 aliphatic carbocycles. The molecular formula is C44H10F15N7O. The van der Waals surface area contributed by atoms with Crippen molar-refractivity contribution in [2.75, 3.05) is 0 Å². The van der Waals surface area contributed by atoms with E-state index in [4.69, 9.17) is 0 Å². The van der Waals surface area contributed by atoms with E-state index in [0.717, 1.165) is 0 Å². The van der Waals surface area contributed by atoms with Gasteiger partial charge in [-0.05, 0) is 70.8 Å². The molecule has 0 radical (unpaired) electrons. The van der Waals surface area contributed by atoms with Crippen molar-refractivity contribution >= 4 is 33.4 Å². The van der Waals surface area contributed by atoms with E-state index < -0.39 is 154 Å². The molecule has 6 rings (SSSR count). The Balaban J connectivity index is 1.98. The van der Waals surface area contributed by atoms with Gasteiger partial charge in [-0.2, -0.15) is 89.5 Å². The lowest BCUT2D eigenvalue weighted by atomic mass is 9.79. The van der Waals surface area contributed by atoms with Crippen LogP contribution in [0.5, 0.6) is 5.75 Å². The molecule has 0 aromatic heterocycles. The Kier molecular flexibility index (Phi) is 11.5. The highest BCUT2D eigenvalue weighted by atomic mass is 19.4. The van der Waals surface area contributed by atoms with E-state index in [1.54, 1.807) is 0 Å². The molecule has 332 valence electrons. The molecule has 0 amide bonds. The summed E-state index contributed by atoms with van der Waals surface area (Å²) in [4.78, 5) is 0. The second-order valence-corrected chi connectivity index (χ2v) is 13.7. The zero-order valence-electron chi connectivity index (χ0n) is 32.0. The number of hydrogen-bond acceptors (Lipinski definition) is 8. The fourth-order valence-corrected chi connectivity index (χ4v) is 7.50. The molecule has 0 aliphatic heterocycles. The van der Waals surface area contributed by atoms with Crippen molar-refractivity contribution in [1.29, 1.82) is 36.8 Å².